The van der Waals surface area contributed by atoms with Crippen molar-refractivity contribution in [1.82, 2.24) is 4.31 Å². The summed E-state index contributed by atoms with van der Waals surface area (Å²) in [6, 6.07) is 20.1. The van der Waals surface area contributed by atoms with Crippen LogP contribution in [0.15, 0.2) is 77.7 Å². The van der Waals surface area contributed by atoms with Gasteiger partial charge in [0.05, 0.1) is 4.90 Å². The fourth-order valence-corrected chi connectivity index (χ4v) is 5.54. The number of sulfonamides is 1. The van der Waals surface area contributed by atoms with Crippen molar-refractivity contribution < 1.29 is 18.0 Å². The average Bonchev–Trinajstić information content (AvgIpc) is 2.83. The molecule has 1 heterocycles. The second kappa shape index (κ2) is 9.79. The van der Waals surface area contributed by atoms with Gasteiger partial charge in [0.1, 0.15) is 6.04 Å². The van der Waals surface area contributed by atoms with Gasteiger partial charge in [0.25, 0.3) is 0 Å². The van der Waals surface area contributed by atoms with Crippen molar-refractivity contribution in [3.05, 3.63) is 89.5 Å². The minimum absolute atomic E-state index is 0.108. The van der Waals surface area contributed by atoms with E-state index in [1.807, 2.05) is 31.2 Å². The van der Waals surface area contributed by atoms with Crippen molar-refractivity contribution in [3.63, 3.8) is 0 Å². The fourth-order valence-electron chi connectivity index (χ4n) is 3.97. The lowest BCUT2D eigenvalue weighted by Gasteiger charge is -2.35. The minimum atomic E-state index is -3.92. The van der Waals surface area contributed by atoms with Gasteiger partial charge in [0.15, 0.2) is 0 Å². The maximum Gasteiger partial charge on any atom is 0.244 e. The van der Waals surface area contributed by atoms with E-state index in [0.29, 0.717) is 17.8 Å². The first-order chi connectivity index (χ1) is 16.3. The molecule has 1 aliphatic heterocycles. The van der Waals surface area contributed by atoms with Gasteiger partial charge >= 0.3 is 0 Å². The van der Waals surface area contributed by atoms with E-state index in [1.54, 1.807) is 55.5 Å². The summed E-state index contributed by atoms with van der Waals surface area (Å²) in [5.74, 6) is -0.563. The normalized spacial score (nSPS) is 15.9. The molecular formula is C26H27N3O4S. The first kappa shape index (κ1) is 23.7. The number of anilines is 2. The summed E-state index contributed by atoms with van der Waals surface area (Å²) < 4.78 is 28.4. The van der Waals surface area contributed by atoms with Crippen molar-refractivity contribution in [3.8, 4) is 0 Å². The van der Waals surface area contributed by atoms with E-state index < -0.39 is 22.0 Å². The predicted octanol–water partition coefficient (Wildman–Crippen LogP) is 4.10. The molecule has 0 unspecified atom stereocenters. The Morgan fingerprint density at radius 3 is 2.24 bits per heavy atom. The number of hydrogen-bond acceptors (Lipinski definition) is 4. The van der Waals surface area contributed by atoms with Crippen molar-refractivity contribution in [1.29, 1.82) is 0 Å². The molecule has 3 aromatic carbocycles. The summed E-state index contributed by atoms with van der Waals surface area (Å²) in [6.45, 7) is 3.75. The Kier molecular flexibility index (Phi) is 6.81. The van der Waals surface area contributed by atoms with Crippen LogP contribution in [0.5, 0.6) is 0 Å². The van der Waals surface area contributed by atoms with Crippen LogP contribution in [0.3, 0.4) is 0 Å². The lowest BCUT2D eigenvalue weighted by atomic mass is 9.95. The molecule has 34 heavy (non-hydrogen) atoms. The summed E-state index contributed by atoms with van der Waals surface area (Å²) >= 11 is 0. The Balaban J connectivity index is 1.65. The second-order valence-corrected chi connectivity index (χ2v) is 10.2. The number of carbonyl (C=O) groups excluding carboxylic acids is 2. The molecule has 0 saturated heterocycles. The Bertz CT molecular complexity index is 1320. The highest BCUT2D eigenvalue weighted by atomic mass is 32.2. The lowest BCUT2D eigenvalue weighted by molar-refractivity contribution is -0.120. The number of rotatable bonds is 6. The van der Waals surface area contributed by atoms with Crippen LogP contribution in [0.25, 0.3) is 0 Å². The molecule has 0 saturated carbocycles. The molecule has 0 radical (unpaired) electrons. The highest BCUT2D eigenvalue weighted by Crippen LogP contribution is 2.30. The van der Waals surface area contributed by atoms with Crippen LogP contribution in [-0.2, 0) is 32.6 Å². The van der Waals surface area contributed by atoms with Gasteiger partial charge in [-0.1, -0.05) is 55.0 Å². The van der Waals surface area contributed by atoms with Gasteiger partial charge in [-0.3, -0.25) is 9.59 Å². The standard InChI is InChI=1S/C26H27N3O4S/c1-3-25(30)27-21-9-6-10-22(16-21)28-26(31)24-15-19-7-4-5-8-20(19)17-29(24)34(32,33)23-13-11-18(2)12-14-23/h4-14,16,24H,3,15,17H2,1-2H3,(H,27,30)(H,28,31)/t24-/m0/s1. The zero-order valence-corrected chi connectivity index (χ0v) is 19.9. The largest absolute Gasteiger partial charge is 0.326 e. The molecular weight excluding hydrogens is 450 g/mol. The molecule has 8 heteroatoms. The molecule has 2 N–H and O–H groups in total. The molecule has 1 aliphatic rings. The molecule has 3 aromatic rings. The Morgan fingerprint density at radius 2 is 1.56 bits per heavy atom. The molecule has 0 aromatic heterocycles. The van der Waals surface area contributed by atoms with E-state index in [0.717, 1.165) is 16.7 Å². The van der Waals surface area contributed by atoms with Gasteiger partial charge in [0, 0.05) is 24.3 Å². The number of fused-ring (bicyclic) bond motifs is 1. The second-order valence-electron chi connectivity index (χ2n) is 8.32. The summed E-state index contributed by atoms with van der Waals surface area (Å²) in [5.41, 5.74) is 3.81. The highest BCUT2D eigenvalue weighted by molar-refractivity contribution is 7.89. The van der Waals surface area contributed by atoms with E-state index in [2.05, 4.69) is 10.6 Å². The molecule has 176 valence electrons. The van der Waals surface area contributed by atoms with Gasteiger partial charge in [-0.05, 0) is 54.8 Å². The van der Waals surface area contributed by atoms with Gasteiger partial charge < -0.3 is 10.6 Å². The van der Waals surface area contributed by atoms with Crippen molar-refractivity contribution >= 4 is 33.2 Å². The van der Waals surface area contributed by atoms with Crippen molar-refractivity contribution in [2.45, 2.75) is 44.2 Å². The lowest BCUT2D eigenvalue weighted by Crippen LogP contribution is -2.50. The van der Waals surface area contributed by atoms with Gasteiger partial charge in [-0.2, -0.15) is 4.31 Å². The van der Waals surface area contributed by atoms with Gasteiger partial charge in [-0.15, -0.1) is 0 Å². The Labute approximate surface area is 199 Å². The van der Waals surface area contributed by atoms with E-state index in [-0.39, 0.29) is 23.8 Å². The number of benzene rings is 3. The molecule has 0 spiro atoms. The maximum absolute atomic E-state index is 13.6. The van der Waals surface area contributed by atoms with E-state index in [1.165, 1.54) is 4.31 Å². The topological polar surface area (TPSA) is 95.6 Å². The molecule has 2 amide bonds. The number of nitrogens with zero attached hydrogens (tertiary/aromatic N) is 1. The number of aryl methyl sites for hydroxylation is 1. The predicted molar refractivity (Wildman–Crippen MR) is 132 cm³/mol. The monoisotopic (exact) mass is 477 g/mol. The third kappa shape index (κ3) is 5.03. The van der Waals surface area contributed by atoms with Crippen LogP contribution >= 0.6 is 0 Å². The van der Waals surface area contributed by atoms with Crippen LogP contribution in [0.2, 0.25) is 0 Å². The number of carbonyl (C=O) groups is 2. The SMILES string of the molecule is CCC(=O)Nc1cccc(NC(=O)[C@@H]2Cc3ccccc3CN2S(=O)(=O)c2ccc(C)cc2)c1. The first-order valence-electron chi connectivity index (χ1n) is 11.1. The van der Waals surface area contributed by atoms with E-state index in [9.17, 15) is 18.0 Å². The summed E-state index contributed by atoms with van der Waals surface area (Å²) in [6.07, 6.45) is 0.600. The number of nitrogens with one attached hydrogen (secondary N) is 2. The van der Waals surface area contributed by atoms with Crippen molar-refractivity contribution in [2.24, 2.45) is 0 Å². The zero-order chi connectivity index (χ0) is 24.3. The van der Waals surface area contributed by atoms with E-state index in [4.69, 9.17) is 0 Å². The molecule has 0 bridgehead atoms. The van der Waals surface area contributed by atoms with Crippen molar-refractivity contribution in [2.75, 3.05) is 10.6 Å². The maximum atomic E-state index is 13.6. The van der Waals surface area contributed by atoms with Crippen LogP contribution < -0.4 is 10.6 Å². The smallest absolute Gasteiger partial charge is 0.244 e. The first-order valence-corrected chi connectivity index (χ1v) is 12.6. The molecule has 0 aliphatic carbocycles. The summed E-state index contributed by atoms with van der Waals surface area (Å²) in [5, 5.41) is 5.60. The van der Waals surface area contributed by atoms with E-state index >= 15 is 0 Å². The molecule has 7 nitrogen and oxygen atoms in total. The van der Waals surface area contributed by atoms with Crippen LogP contribution in [0.1, 0.15) is 30.0 Å². The number of amides is 2. The molecule has 4 rings (SSSR count). The fraction of sp³-hybridized carbons (Fsp3) is 0.231. The van der Waals surface area contributed by atoms with Gasteiger partial charge in [0.2, 0.25) is 21.8 Å². The van der Waals surface area contributed by atoms with Gasteiger partial charge in [-0.25, -0.2) is 8.42 Å². The minimum Gasteiger partial charge on any atom is -0.326 e. The average molecular weight is 478 g/mol. The van der Waals surface area contributed by atoms with Crippen LogP contribution in [0.4, 0.5) is 11.4 Å². The highest BCUT2D eigenvalue weighted by Gasteiger charge is 2.39. The van der Waals surface area contributed by atoms with Crippen LogP contribution in [-0.4, -0.2) is 30.6 Å². The van der Waals surface area contributed by atoms with Crippen LogP contribution in [0, 0.1) is 6.92 Å². The Hall–Kier alpha value is -3.49. The quantitative estimate of drug-likeness (QED) is 0.559. The number of hydrogen-bond donors (Lipinski definition) is 2. The Morgan fingerprint density at radius 1 is 0.912 bits per heavy atom. The summed E-state index contributed by atoms with van der Waals surface area (Å²) in [4.78, 5) is 25.3. The third-order valence-electron chi connectivity index (χ3n) is 5.87. The zero-order valence-electron chi connectivity index (χ0n) is 19.1. The molecule has 1 atom stereocenters. The molecule has 0 fully saturated rings. The third-order valence-corrected chi connectivity index (χ3v) is 7.74. The summed E-state index contributed by atoms with van der Waals surface area (Å²) in [7, 11) is -3.92.